The standard InChI is InChI=1S/C14H23N3O/c1-3-18-13-5-4-7-16-14(13)17-8-6-11(2)9-12(17)10-15/h4-5,7,11-12H,3,6,8-10,15H2,1-2H3. The van der Waals surface area contributed by atoms with Crippen molar-refractivity contribution in [3.63, 3.8) is 0 Å². The van der Waals surface area contributed by atoms with Crippen molar-refractivity contribution in [3.05, 3.63) is 18.3 Å². The average Bonchev–Trinajstić information content (AvgIpc) is 2.40. The Balaban J connectivity index is 2.23. The summed E-state index contributed by atoms with van der Waals surface area (Å²) in [7, 11) is 0. The molecule has 2 atom stereocenters. The van der Waals surface area contributed by atoms with Gasteiger partial charge in [-0.25, -0.2) is 4.98 Å². The van der Waals surface area contributed by atoms with Gasteiger partial charge < -0.3 is 15.4 Å². The van der Waals surface area contributed by atoms with Gasteiger partial charge in [-0.15, -0.1) is 0 Å². The van der Waals surface area contributed by atoms with Gasteiger partial charge >= 0.3 is 0 Å². The fraction of sp³-hybridized carbons (Fsp3) is 0.643. The maximum atomic E-state index is 5.91. The third-order valence-electron chi connectivity index (χ3n) is 3.57. The summed E-state index contributed by atoms with van der Waals surface area (Å²) < 4.78 is 5.66. The van der Waals surface area contributed by atoms with Crippen LogP contribution in [-0.4, -0.2) is 30.7 Å². The SMILES string of the molecule is CCOc1cccnc1N1CCC(C)CC1CN. The van der Waals surface area contributed by atoms with Crippen LogP contribution in [-0.2, 0) is 0 Å². The van der Waals surface area contributed by atoms with E-state index in [4.69, 9.17) is 10.5 Å². The van der Waals surface area contributed by atoms with Crippen LogP contribution in [0, 0.1) is 5.92 Å². The van der Waals surface area contributed by atoms with Crippen LogP contribution in [0.1, 0.15) is 26.7 Å². The molecule has 0 radical (unpaired) electrons. The first-order valence-electron chi connectivity index (χ1n) is 6.80. The minimum atomic E-state index is 0.378. The van der Waals surface area contributed by atoms with Crippen LogP contribution in [0.4, 0.5) is 5.82 Å². The molecule has 0 amide bonds. The molecule has 18 heavy (non-hydrogen) atoms. The minimum absolute atomic E-state index is 0.378. The molecule has 2 heterocycles. The molecule has 0 bridgehead atoms. The van der Waals surface area contributed by atoms with Crippen LogP contribution in [0.5, 0.6) is 5.75 Å². The second kappa shape index (κ2) is 6.05. The van der Waals surface area contributed by atoms with Gasteiger partial charge in [-0.1, -0.05) is 6.92 Å². The van der Waals surface area contributed by atoms with Gasteiger partial charge in [0.15, 0.2) is 11.6 Å². The predicted octanol–water partition coefficient (Wildman–Crippen LogP) is 2.04. The van der Waals surface area contributed by atoms with E-state index in [-0.39, 0.29) is 0 Å². The highest BCUT2D eigenvalue weighted by molar-refractivity contribution is 5.53. The maximum absolute atomic E-state index is 5.91. The topological polar surface area (TPSA) is 51.4 Å². The summed E-state index contributed by atoms with van der Waals surface area (Å²) in [5.74, 6) is 2.56. The van der Waals surface area contributed by atoms with Gasteiger partial charge in [0.1, 0.15) is 0 Å². The molecule has 4 nitrogen and oxygen atoms in total. The maximum Gasteiger partial charge on any atom is 0.171 e. The second-order valence-corrected chi connectivity index (χ2v) is 4.97. The van der Waals surface area contributed by atoms with Crippen LogP contribution < -0.4 is 15.4 Å². The van der Waals surface area contributed by atoms with Crippen molar-refractivity contribution < 1.29 is 4.74 Å². The van der Waals surface area contributed by atoms with E-state index in [1.165, 1.54) is 6.42 Å². The Morgan fingerprint density at radius 1 is 1.56 bits per heavy atom. The number of hydrogen-bond donors (Lipinski definition) is 1. The smallest absolute Gasteiger partial charge is 0.171 e. The molecule has 1 aromatic heterocycles. The van der Waals surface area contributed by atoms with Crippen LogP contribution in [0.15, 0.2) is 18.3 Å². The lowest BCUT2D eigenvalue weighted by atomic mass is 9.92. The molecule has 4 heteroatoms. The Morgan fingerprint density at radius 3 is 3.11 bits per heavy atom. The minimum Gasteiger partial charge on any atom is -0.490 e. The summed E-state index contributed by atoms with van der Waals surface area (Å²) >= 11 is 0. The largest absolute Gasteiger partial charge is 0.490 e. The van der Waals surface area contributed by atoms with Crippen molar-refractivity contribution in [1.29, 1.82) is 0 Å². The van der Waals surface area contributed by atoms with Crippen LogP contribution in [0.25, 0.3) is 0 Å². The number of nitrogens with zero attached hydrogens (tertiary/aromatic N) is 2. The summed E-state index contributed by atoms with van der Waals surface area (Å²) in [6.07, 6.45) is 4.15. The van der Waals surface area contributed by atoms with Crippen molar-refractivity contribution in [2.24, 2.45) is 11.7 Å². The average molecular weight is 249 g/mol. The number of pyridine rings is 1. The van der Waals surface area contributed by atoms with Gasteiger partial charge in [-0.05, 0) is 37.8 Å². The Kier molecular flexibility index (Phi) is 4.42. The van der Waals surface area contributed by atoms with Crippen LogP contribution in [0.2, 0.25) is 0 Å². The van der Waals surface area contributed by atoms with Gasteiger partial charge in [0.25, 0.3) is 0 Å². The molecule has 2 unspecified atom stereocenters. The highest BCUT2D eigenvalue weighted by Crippen LogP contribution is 2.32. The van der Waals surface area contributed by atoms with E-state index in [9.17, 15) is 0 Å². The molecule has 1 saturated heterocycles. The van der Waals surface area contributed by atoms with Gasteiger partial charge in [0.2, 0.25) is 0 Å². The number of nitrogens with two attached hydrogens (primary N) is 1. The molecule has 2 N–H and O–H groups in total. The zero-order valence-corrected chi connectivity index (χ0v) is 11.3. The van der Waals surface area contributed by atoms with E-state index in [1.54, 1.807) is 0 Å². The second-order valence-electron chi connectivity index (χ2n) is 4.97. The third kappa shape index (κ3) is 2.75. The lowest BCUT2D eigenvalue weighted by Crippen LogP contribution is -2.46. The van der Waals surface area contributed by atoms with E-state index in [2.05, 4.69) is 16.8 Å². The first-order chi connectivity index (χ1) is 8.76. The molecular formula is C14H23N3O. The zero-order valence-electron chi connectivity index (χ0n) is 11.3. The monoisotopic (exact) mass is 249 g/mol. The highest BCUT2D eigenvalue weighted by atomic mass is 16.5. The van der Waals surface area contributed by atoms with Crippen molar-refractivity contribution in [3.8, 4) is 5.75 Å². The lowest BCUT2D eigenvalue weighted by molar-refractivity contribution is 0.328. The van der Waals surface area contributed by atoms with Gasteiger partial charge in [-0.2, -0.15) is 0 Å². The summed E-state index contributed by atoms with van der Waals surface area (Å²) in [4.78, 5) is 6.80. The molecule has 0 aliphatic carbocycles. The van der Waals surface area contributed by atoms with Crippen molar-refractivity contribution in [1.82, 2.24) is 4.98 Å². The first-order valence-corrected chi connectivity index (χ1v) is 6.80. The van der Waals surface area contributed by atoms with Crippen LogP contribution >= 0.6 is 0 Å². The fourth-order valence-electron chi connectivity index (χ4n) is 2.62. The lowest BCUT2D eigenvalue weighted by Gasteiger charge is -2.39. The van der Waals surface area contributed by atoms with E-state index < -0.39 is 0 Å². The van der Waals surface area contributed by atoms with Crippen molar-refractivity contribution in [2.45, 2.75) is 32.7 Å². The Hall–Kier alpha value is -1.29. The molecule has 2 rings (SSSR count). The predicted molar refractivity (Wildman–Crippen MR) is 74.0 cm³/mol. The first kappa shape index (κ1) is 13.1. The quantitative estimate of drug-likeness (QED) is 0.887. The molecule has 0 aromatic carbocycles. The summed E-state index contributed by atoms with van der Waals surface area (Å²) in [6.45, 7) is 6.64. The number of hydrogen-bond acceptors (Lipinski definition) is 4. The number of anilines is 1. The molecule has 100 valence electrons. The van der Waals surface area contributed by atoms with Gasteiger partial charge in [0, 0.05) is 25.3 Å². The van der Waals surface area contributed by atoms with Crippen molar-refractivity contribution in [2.75, 3.05) is 24.6 Å². The summed E-state index contributed by atoms with van der Waals surface area (Å²) in [5, 5.41) is 0. The summed E-state index contributed by atoms with van der Waals surface area (Å²) in [6, 6.07) is 4.28. The molecule has 1 fully saturated rings. The third-order valence-corrected chi connectivity index (χ3v) is 3.57. The molecule has 0 saturated carbocycles. The Labute approximate surface area is 109 Å². The van der Waals surface area contributed by atoms with E-state index in [1.807, 2.05) is 25.3 Å². The fourth-order valence-corrected chi connectivity index (χ4v) is 2.62. The molecule has 1 aliphatic heterocycles. The Morgan fingerprint density at radius 2 is 2.39 bits per heavy atom. The molecule has 1 aliphatic rings. The number of piperidine rings is 1. The molecule has 1 aromatic rings. The zero-order chi connectivity index (χ0) is 13.0. The van der Waals surface area contributed by atoms with E-state index >= 15 is 0 Å². The molecular weight excluding hydrogens is 226 g/mol. The van der Waals surface area contributed by atoms with Crippen molar-refractivity contribution >= 4 is 5.82 Å². The highest BCUT2D eigenvalue weighted by Gasteiger charge is 2.28. The van der Waals surface area contributed by atoms with Gasteiger partial charge in [0.05, 0.1) is 6.61 Å². The number of ether oxygens (including phenoxy) is 1. The van der Waals surface area contributed by atoms with Gasteiger partial charge in [-0.3, -0.25) is 0 Å². The van der Waals surface area contributed by atoms with E-state index in [0.717, 1.165) is 30.5 Å². The number of rotatable bonds is 4. The Bertz CT molecular complexity index is 383. The van der Waals surface area contributed by atoms with Crippen LogP contribution in [0.3, 0.4) is 0 Å². The van der Waals surface area contributed by atoms with E-state index in [0.29, 0.717) is 19.2 Å². The molecule has 0 spiro atoms. The number of aromatic nitrogens is 1. The normalized spacial score (nSPS) is 24.1. The summed E-state index contributed by atoms with van der Waals surface area (Å²) in [5.41, 5.74) is 5.91.